The van der Waals surface area contributed by atoms with E-state index in [4.69, 9.17) is 9.47 Å². The number of H-pyrrole nitrogens is 1. The van der Waals surface area contributed by atoms with Gasteiger partial charge in [0.05, 0.1) is 11.7 Å². The average molecular weight is 443 g/mol. The number of aromatic amines is 1. The quantitative estimate of drug-likeness (QED) is 0.444. The third-order valence-electron chi connectivity index (χ3n) is 4.61. The Morgan fingerprint density at radius 2 is 1.59 bits per heavy atom. The van der Waals surface area contributed by atoms with E-state index in [1.54, 1.807) is 52.0 Å². The molecule has 2 N–H and O–H groups in total. The number of hydrogen-bond acceptors (Lipinski definition) is 6. The standard InChI is InChI=1S/C24H30N2O6/c1-13(2)11-20(28)26-18-9-7-17(8-10-18)19(27)12-31-24(30)22-15(5)21(16(6)25-22)23(29)32-14(3)4/h7-10,13-14,25H,11-12H2,1-6H3,(H,26,28). The summed E-state index contributed by atoms with van der Waals surface area (Å²) >= 11 is 0. The Bertz CT molecular complexity index is 1000. The number of anilines is 1. The van der Waals surface area contributed by atoms with Crippen LogP contribution in [0.3, 0.4) is 0 Å². The lowest BCUT2D eigenvalue weighted by Crippen LogP contribution is -2.16. The molecule has 0 unspecified atom stereocenters. The van der Waals surface area contributed by atoms with Gasteiger partial charge in [-0.2, -0.15) is 0 Å². The van der Waals surface area contributed by atoms with Crippen molar-refractivity contribution in [3.63, 3.8) is 0 Å². The van der Waals surface area contributed by atoms with Crippen LogP contribution in [0.5, 0.6) is 0 Å². The molecule has 0 radical (unpaired) electrons. The number of amides is 1. The molecule has 8 nitrogen and oxygen atoms in total. The van der Waals surface area contributed by atoms with Crippen molar-refractivity contribution in [2.24, 2.45) is 5.92 Å². The predicted octanol–water partition coefficient (Wildman–Crippen LogP) is 4.22. The van der Waals surface area contributed by atoms with Gasteiger partial charge in [-0.25, -0.2) is 9.59 Å². The van der Waals surface area contributed by atoms with Crippen LogP contribution in [0.15, 0.2) is 24.3 Å². The smallest absolute Gasteiger partial charge is 0.355 e. The first-order chi connectivity index (χ1) is 15.0. The number of aromatic nitrogens is 1. The van der Waals surface area contributed by atoms with Gasteiger partial charge >= 0.3 is 11.9 Å². The molecule has 0 fully saturated rings. The largest absolute Gasteiger partial charge is 0.459 e. The van der Waals surface area contributed by atoms with Crippen LogP contribution in [0.2, 0.25) is 0 Å². The van der Waals surface area contributed by atoms with Crippen molar-refractivity contribution in [3.05, 3.63) is 52.3 Å². The number of carbonyl (C=O) groups is 4. The first kappa shape index (κ1) is 24.8. The van der Waals surface area contributed by atoms with Crippen LogP contribution in [0.25, 0.3) is 0 Å². The fourth-order valence-electron chi connectivity index (χ4n) is 3.14. The van der Waals surface area contributed by atoms with Gasteiger partial charge in [-0.3, -0.25) is 9.59 Å². The van der Waals surface area contributed by atoms with Crippen molar-refractivity contribution >= 4 is 29.3 Å². The van der Waals surface area contributed by atoms with Gasteiger partial charge in [0.2, 0.25) is 5.91 Å². The molecule has 0 bridgehead atoms. The summed E-state index contributed by atoms with van der Waals surface area (Å²) in [6.45, 7) is 10.2. The van der Waals surface area contributed by atoms with Crippen molar-refractivity contribution in [1.29, 1.82) is 0 Å². The molecule has 2 aromatic rings. The summed E-state index contributed by atoms with van der Waals surface area (Å²) in [5, 5.41) is 2.77. The van der Waals surface area contributed by atoms with Crippen LogP contribution in [-0.4, -0.2) is 41.3 Å². The molecule has 1 aromatic carbocycles. The summed E-state index contributed by atoms with van der Waals surface area (Å²) in [5.41, 5.74) is 2.22. The number of benzene rings is 1. The molecule has 0 aliphatic rings. The van der Waals surface area contributed by atoms with Crippen molar-refractivity contribution in [2.45, 2.75) is 54.1 Å². The molecule has 2 rings (SSSR count). The van der Waals surface area contributed by atoms with Gasteiger partial charge in [-0.05, 0) is 63.4 Å². The number of ketones is 1. The zero-order chi connectivity index (χ0) is 24.0. The number of esters is 2. The number of carbonyl (C=O) groups excluding carboxylic acids is 4. The third-order valence-corrected chi connectivity index (χ3v) is 4.61. The number of aryl methyl sites for hydroxylation is 1. The van der Waals surface area contributed by atoms with Gasteiger partial charge in [-0.15, -0.1) is 0 Å². The second-order valence-corrected chi connectivity index (χ2v) is 8.30. The van der Waals surface area contributed by atoms with E-state index in [2.05, 4.69) is 10.3 Å². The van der Waals surface area contributed by atoms with E-state index in [-0.39, 0.29) is 29.2 Å². The van der Waals surface area contributed by atoms with E-state index in [0.717, 1.165) is 0 Å². The molecule has 0 spiro atoms. The van der Waals surface area contributed by atoms with E-state index in [1.165, 1.54) is 0 Å². The summed E-state index contributed by atoms with van der Waals surface area (Å²) in [5.74, 6) is -1.50. The highest BCUT2D eigenvalue weighted by molar-refractivity contribution is 6.01. The van der Waals surface area contributed by atoms with Crippen molar-refractivity contribution < 1.29 is 28.7 Å². The van der Waals surface area contributed by atoms with Crippen LogP contribution in [0.1, 0.15) is 76.6 Å². The normalized spacial score (nSPS) is 10.9. The highest BCUT2D eigenvalue weighted by Crippen LogP contribution is 2.20. The number of rotatable bonds is 9. The van der Waals surface area contributed by atoms with E-state index in [1.807, 2.05) is 13.8 Å². The molecule has 32 heavy (non-hydrogen) atoms. The lowest BCUT2D eigenvalue weighted by Gasteiger charge is -2.09. The van der Waals surface area contributed by atoms with Crippen LogP contribution < -0.4 is 5.32 Å². The SMILES string of the molecule is Cc1[nH]c(C(=O)OCC(=O)c2ccc(NC(=O)CC(C)C)cc2)c(C)c1C(=O)OC(C)C. The molecule has 0 aliphatic heterocycles. The van der Waals surface area contributed by atoms with Crippen molar-refractivity contribution in [2.75, 3.05) is 11.9 Å². The highest BCUT2D eigenvalue weighted by atomic mass is 16.5. The third kappa shape index (κ3) is 6.54. The van der Waals surface area contributed by atoms with Gasteiger partial charge in [0.25, 0.3) is 0 Å². The van der Waals surface area contributed by atoms with Gasteiger partial charge in [0.1, 0.15) is 5.69 Å². The van der Waals surface area contributed by atoms with E-state index in [0.29, 0.717) is 28.9 Å². The maximum absolute atomic E-state index is 12.5. The van der Waals surface area contributed by atoms with Crippen molar-refractivity contribution in [1.82, 2.24) is 4.98 Å². The zero-order valence-corrected chi connectivity index (χ0v) is 19.3. The second kappa shape index (κ2) is 10.7. The lowest BCUT2D eigenvalue weighted by molar-refractivity contribution is -0.116. The van der Waals surface area contributed by atoms with Gasteiger partial charge in [0, 0.05) is 23.4 Å². The first-order valence-corrected chi connectivity index (χ1v) is 10.5. The molecular formula is C24H30N2O6. The number of hydrogen-bond donors (Lipinski definition) is 2. The van der Waals surface area contributed by atoms with Crippen LogP contribution in [-0.2, 0) is 14.3 Å². The Morgan fingerprint density at radius 3 is 2.16 bits per heavy atom. The predicted molar refractivity (Wildman–Crippen MR) is 120 cm³/mol. The Balaban J connectivity index is 1.99. The highest BCUT2D eigenvalue weighted by Gasteiger charge is 2.25. The Kier molecular flexibility index (Phi) is 8.34. The molecular weight excluding hydrogens is 412 g/mol. The Labute approximate surface area is 187 Å². The van der Waals surface area contributed by atoms with Crippen LogP contribution >= 0.6 is 0 Å². The summed E-state index contributed by atoms with van der Waals surface area (Å²) in [7, 11) is 0. The minimum Gasteiger partial charge on any atom is -0.459 e. The monoisotopic (exact) mass is 442 g/mol. The summed E-state index contributed by atoms with van der Waals surface area (Å²) in [4.78, 5) is 51.8. The minimum absolute atomic E-state index is 0.0961. The van der Waals surface area contributed by atoms with Gasteiger partial charge < -0.3 is 19.8 Å². The fraction of sp³-hybridized carbons (Fsp3) is 0.417. The van der Waals surface area contributed by atoms with Gasteiger partial charge in [0.15, 0.2) is 12.4 Å². The molecule has 1 amide bonds. The number of ether oxygens (including phenoxy) is 2. The maximum atomic E-state index is 12.5. The Hall–Kier alpha value is -3.42. The van der Waals surface area contributed by atoms with E-state index >= 15 is 0 Å². The molecule has 1 aromatic heterocycles. The Morgan fingerprint density at radius 1 is 0.969 bits per heavy atom. The second-order valence-electron chi connectivity index (χ2n) is 8.30. The van der Waals surface area contributed by atoms with Crippen molar-refractivity contribution in [3.8, 4) is 0 Å². The molecule has 0 atom stereocenters. The molecule has 0 saturated heterocycles. The first-order valence-electron chi connectivity index (χ1n) is 10.5. The fourth-order valence-corrected chi connectivity index (χ4v) is 3.14. The molecule has 8 heteroatoms. The molecule has 0 saturated carbocycles. The zero-order valence-electron chi connectivity index (χ0n) is 19.3. The molecule has 1 heterocycles. The molecule has 0 aliphatic carbocycles. The number of Topliss-reactive ketones (excluding diaryl/α,β-unsaturated/α-hetero) is 1. The maximum Gasteiger partial charge on any atom is 0.355 e. The topological polar surface area (TPSA) is 115 Å². The van der Waals surface area contributed by atoms with Gasteiger partial charge in [-0.1, -0.05) is 13.8 Å². The van der Waals surface area contributed by atoms with Crippen LogP contribution in [0.4, 0.5) is 5.69 Å². The minimum atomic E-state index is -0.736. The summed E-state index contributed by atoms with van der Waals surface area (Å²) in [6.07, 6.45) is 0.115. The number of nitrogens with one attached hydrogen (secondary N) is 2. The summed E-state index contributed by atoms with van der Waals surface area (Å²) < 4.78 is 10.4. The molecule has 172 valence electrons. The lowest BCUT2D eigenvalue weighted by atomic mass is 10.1. The average Bonchev–Trinajstić information content (AvgIpc) is 2.99. The van der Waals surface area contributed by atoms with E-state index < -0.39 is 24.3 Å². The van der Waals surface area contributed by atoms with Crippen LogP contribution in [0, 0.1) is 19.8 Å². The summed E-state index contributed by atoms with van der Waals surface area (Å²) in [6, 6.07) is 6.37. The van der Waals surface area contributed by atoms with E-state index in [9.17, 15) is 19.2 Å².